The number of hydrogen-bond donors (Lipinski definition) is 1. The van der Waals surface area contributed by atoms with Crippen LogP contribution in [-0.2, 0) is 52.3 Å². The van der Waals surface area contributed by atoms with Gasteiger partial charge in [-0.2, -0.15) is 0 Å². The standard InChI is InChI=1S/C20H29N3O12/c1-8-15(30-10(3)25)16(31-11(4)26)13(6-22-23-21)34-20(8)35-17-14(7-29-9(2)24)33-19(28)18(17)32-12(5)27/h8,13-20,28H,6-7H2,1-5H3/t8-,13+,14-,15-,16-,17-,18-,19?,20-/m1/s1. The fourth-order valence-electron chi connectivity index (χ4n) is 3.84. The third-order valence-corrected chi connectivity index (χ3v) is 5.21. The van der Waals surface area contributed by atoms with Gasteiger partial charge in [-0.15, -0.1) is 0 Å². The van der Waals surface area contributed by atoms with Gasteiger partial charge in [-0.3, -0.25) is 19.2 Å². The predicted octanol–water partition coefficient (Wildman–Crippen LogP) is 0.118. The molecule has 1 N–H and O–H groups in total. The highest BCUT2D eigenvalue weighted by atomic mass is 16.7. The molecule has 2 aliphatic rings. The van der Waals surface area contributed by atoms with Gasteiger partial charge in [0.05, 0.1) is 6.54 Å². The monoisotopic (exact) mass is 503 g/mol. The minimum Gasteiger partial charge on any atom is -0.463 e. The Balaban J connectivity index is 2.37. The van der Waals surface area contributed by atoms with Gasteiger partial charge in [0.2, 0.25) is 0 Å². The average Bonchev–Trinajstić information content (AvgIpc) is 3.03. The Bertz CT molecular complexity index is 847. The molecule has 2 saturated heterocycles. The van der Waals surface area contributed by atoms with Crippen LogP contribution in [0.5, 0.6) is 0 Å². The molecule has 2 aliphatic heterocycles. The quantitative estimate of drug-likeness (QED) is 0.147. The van der Waals surface area contributed by atoms with E-state index in [9.17, 15) is 24.3 Å². The molecule has 0 aromatic rings. The Labute approximate surface area is 200 Å². The number of aliphatic hydroxyl groups is 1. The molecule has 0 radical (unpaired) electrons. The molecule has 35 heavy (non-hydrogen) atoms. The number of esters is 4. The van der Waals surface area contributed by atoms with Crippen LogP contribution in [-0.4, -0.2) is 91.3 Å². The SMILES string of the molecule is CC(=O)OC[C@H]1OC(O)[C@H](OC(C)=O)[C@@H]1O[C@H]1O[C@@H](CN=[N+]=[N-])[C@@H](OC(C)=O)[C@H](OC(C)=O)[C@H]1C. The van der Waals surface area contributed by atoms with Gasteiger partial charge in [0.25, 0.3) is 0 Å². The van der Waals surface area contributed by atoms with Gasteiger partial charge in [0.15, 0.2) is 24.8 Å². The molecular formula is C20H29N3O12. The molecular weight excluding hydrogens is 474 g/mol. The summed E-state index contributed by atoms with van der Waals surface area (Å²) in [5.41, 5.74) is 8.75. The van der Waals surface area contributed by atoms with Crippen LogP contribution < -0.4 is 0 Å². The second-order valence-electron chi connectivity index (χ2n) is 8.01. The largest absolute Gasteiger partial charge is 0.463 e. The van der Waals surface area contributed by atoms with Crippen LogP contribution in [0.1, 0.15) is 34.6 Å². The number of aliphatic hydroxyl groups excluding tert-OH is 1. The smallest absolute Gasteiger partial charge is 0.303 e. The molecule has 0 aromatic heterocycles. The van der Waals surface area contributed by atoms with Gasteiger partial charge >= 0.3 is 23.9 Å². The normalized spacial score (nSPS) is 34.3. The van der Waals surface area contributed by atoms with Crippen LogP contribution in [0.4, 0.5) is 0 Å². The summed E-state index contributed by atoms with van der Waals surface area (Å²) < 4.78 is 38.1. The van der Waals surface area contributed by atoms with Crippen molar-refractivity contribution in [2.24, 2.45) is 11.0 Å². The van der Waals surface area contributed by atoms with Crippen molar-refractivity contribution in [1.29, 1.82) is 0 Å². The fraction of sp³-hybridized carbons (Fsp3) is 0.800. The zero-order valence-corrected chi connectivity index (χ0v) is 19.9. The van der Waals surface area contributed by atoms with Crippen LogP contribution in [0.25, 0.3) is 10.4 Å². The Morgan fingerprint density at radius 3 is 1.97 bits per heavy atom. The first-order valence-corrected chi connectivity index (χ1v) is 10.7. The van der Waals surface area contributed by atoms with Crippen LogP contribution >= 0.6 is 0 Å². The fourth-order valence-corrected chi connectivity index (χ4v) is 3.84. The maximum absolute atomic E-state index is 11.8. The topological polar surface area (TPSA) is 202 Å². The minimum atomic E-state index is -1.60. The van der Waals surface area contributed by atoms with Crippen molar-refractivity contribution in [1.82, 2.24) is 0 Å². The van der Waals surface area contributed by atoms with E-state index in [1.165, 1.54) is 13.8 Å². The third kappa shape index (κ3) is 7.77. The van der Waals surface area contributed by atoms with Crippen LogP contribution in [0.2, 0.25) is 0 Å². The van der Waals surface area contributed by atoms with Gasteiger partial charge in [-0.1, -0.05) is 12.0 Å². The number of nitrogens with zero attached hydrogens (tertiary/aromatic N) is 3. The van der Waals surface area contributed by atoms with Crippen molar-refractivity contribution in [3.05, 3.63) is 10.4 Å². The average molecular weight is 503 g/mol. The maximum atomic E-state index is 11.8. The molecule has 0 saturated carbocycles. The number of ether oxygens (including phenoxy) is 7. The van der Waals surface area contributed by atoms with E-state index >= 15 is 0 Å². The van der Waals surface area contributed by atoms with Gasteiger partial charge in [0.1, 0.15) is 31.0 Å². The first-order valence-electron chi connectivity index (χ1n) is 10.7. The van der Waals surface area contributed by atoms with Gasteiger partial charge < -0.3 is 38.3 Å². The summed E-state index contributed by atoms with van der Waals surface area (Å²) in [6.45, 7) is 5.58. The van der Waals surface area contributed by atoms with Gasteiger partial charge in [-0.05, 0) is 5.53 Å². The lowest BCUT2D eigenvalue weighted by Gasteiger charge is -2.44. The maximum Gasteiger partial charge on any atom is 0.303 e. The van der Waals surface area contributed by atoms with Crippen LogP contribution in [0.15, 0.2) is 5.11 Å². The molecule has 196 valence electrons. The van der Waals surface area contributed by atoms with Gasteiger partial charge in [0, 0.05) is 38.5 Å². The summed E-state index contributed by atoms with van der Waals surface area (Å²) in [7, 11) is 0. The van der Waals surface area contributed by atoms with Crippen LogP contribution in [0.3, 0.4) is 0 Å². The van der Waals surface area contributed by atoms with E-state index in [-0.39, 0.29) is 13.2 Å². The van der Waals surface area contributed by atoms with E-state index in [4.69, 9.17) is 38.7 Å². The highest BCUT2D eigenvalue weighted by Crippen LogP contribution is 2.35. The van der Waals surface area contributed by atoms with E-state index in [0.717, 1.165) is 13.8 Å². The first kappa shape index (κ1) is 28.3. The lowest BCUT2D eigenvalue weighted by atomic mass is 9.91. The summed E-state index contributed by atoms with van der Waals surface area (Å²) in [6.07, 6.45) is -9.61. The number of carbonyl (C=O) groups is 4. The van der Waals surface area contributed by atoms with Crippen LogP contribution in [0, 0.1) is 5.92 Å². The first-order chi connectivity index (χ1) is 16.4. The second kappa shape index (κ2) is 12.7. The highest BCUT2D eigenvalue weighted by molar-refractivity contribution is 5.67. The third-order valence-electron chi connectivity index (χ3n) is 5.21. The lowest BCUT2D eigenvalue weighted by molar-refractivity contribution is -0.300. The molecule has 2 heterocycles. The number of carbonyl (C=O) groups excluding carboxylic acids is 4. The highest BCUT2D eigenvalue weighted by Gasteiger charge is 2.53. The zero-order valence-electron chi connectivity index (χ0n) is 19.9. The second-order valence-corrected chi connectivity index (χ2v) is 8.01. The molecule has 9 atom stereocenters. The summed E-state index contributed by atoms with van der Waals surface area (Å²) in [5, 5.41) is 13.7. The van der Waals surface area contributed by atoms with Crippen molar-refractivity contribution in [3.63, 3.8) is 0 Å². The van der Waals surface area contributed by atoms with E-state index in [2.05, 4.69) is 10.0 Å². The molecule has 1 unspecified atom stereocenters. The summed E-state index contributed by atoms with van der Waals surface area (Å²) >= 11 is 0. The molecule has 2 rings (SSSR count). The number of hydrogen-bond acceptors (Lipinski definition) is 13. The Morgan fingerprint density at radius 2 is 1.43 bits per heavy atom. The molecule has 15 nitrogen and oxygen atoms in total. The summed E-state index contributed by atoms with van der Waals surface area (Å²) in [5.74, 6) is -3.47. The van der Waals surface area contributed by atoms with Crippen molar-refractivity contribution in [2.45, 2.75) is 83.8 Å². The van der Waals surface area contributed by atoms with Crippen molar-refractivity contribution in [3.8, 4) is 0 Å². The van der Waals surface area contributed by atoms with Crippen molar-refractivity contribution in [2.75, 3.05) is 13.2 Å². The molecule has 2 fully saturated rings. The Hall–Kier alpha value is -2.97. The number of azide groups is 1. The van der Waals surface area contributed by atoms with E-state index in [1.807, 2.05) is 0 Å². The molecule has 0 bridgehead atoms. The molecule has 0 aromatic carbocycles. The van der Waals surface area contributed by atoms with E-state index in [1.54, 1.807) is 6.92 Å². The Morgan fingerprint density at radius 1 is 0.857 bits per heavy atom. The van der Waals surface area contributed by atoms with Crippen molar-refractivity contribution < 1.29 is 57.4 Å². The van der Waals surface area contributed by atoms with E-state index in [0.29, 0.717) is 0 Å². The summed E-state index contributed by atoms with van der Waals surface area (Å²) in [6, 6.07) is 0. The number of rotatable bonds is 9. The van der Waals surface area contributed by atoms with Gasteiger partial charge in [-0.25, -0.2) is 0 Å². The molecule has 0 aliphatic carbocycles. The lowest BCUT2D eigenvalue weighted by Crippen LogP contribution is -2.59. The Kier molecular flexibility index (Phi) is 10.2. The van der Waals surface area contributed by atoms with Crippen molar-refractivity contribution >= 4 is 23.9 Å². The predicted molar refractivity (Wildman–Crippen MR) is 111 cm³/mol. The molecule has 0 spiro atoms. The zero-order chi connectivity index (χ0) is 26.3. The molecule has 15 heteroatoms. The minimum absolute atomic E-state index is 0.299. The van der Waals surface area contributed by atoms with E-state index < -0.39 is 79.0 Å². The molecule has 0 amide bonds. The summed E-state index contributed by atoms with van der Waals surface area (Å²) in [4.78, 5) is 49.0.